The molecule has 1 aliphatic carbocycles. The molecule has 1 aromatic rings. The third-order valence-electron chi connectivity index (χ3n) is 4.14. The molecule has 1 aromatic heterocycles. The first-order valence-electron chi connectivity index (χ1n) is 7.50. The normalized spacial score (nSPS) is 19.0. The zero-order valence-electron chi connectivity index (χ0n) is 12.4. The van der Waals surface area contributed by atoms with Crippen LogP contribution in [0.5, 0.6) is 0 Å². The van der Waals surface area contributed by atoms with Gasteiger partial charge in [0, 0.05) is 12.0 Å². The molecule has 118 valence electrons. The van der Waals surface area contributed by atoms with Crippen molar-refractivity contribution >= 4 is 23.4 Å². The second-order valence-electron chi connectivity index (χ2n) is 5.75. The summed E-state index contributed by atoms with van der Waals surface area (Å²) in [5.41, 5.74) is 0.493. The summed E-state index contributed by atoms with van der Waals surface area (Å²) in [6.45, 7) is -0.196. The summed E-state index contributed by atoms with van der Waals surface area (Å²) in [6.07, 6.45) is 9.59. The van der Waals surface area contributed by atoms with E-state index < -0.39 is 5.60 Å². The Morgan fingerprint density at radius 2 is 1.76 bits per heavy atom. The number of aliphatic hydroxyl groups is 2. The van der Waals surface area contributed by atoms with Gasteiger partial charge in [-0.3, -0.25) is 0 Å². The highest BCUT2D eigenvalue weighted by molar-refractivity contribution is 7.98. The van der Waals surface area contributed by atoms with Crippen LogP contribution in [-0.4, -0.2) is 32.0 Å². The first-order chi connectivity index (χ1) is 10.1. The van der Waals surface area contributed by atoms with Gasteiger partial charge in [0.25, 0.3) is 0 Å². The summed E-state index contributed by atoms with van der Waals surface area (Å²) in [5, 5.41) is 21.3. The molecule has 2 rings (SSSR count). The Labute approximate surface area is 135 Å². The topological polar surface area (TPSA) is 66.2 Å². The number of aliphatic hydroxyl groups excluding tert-OH is 1. The highest BCUT2D eigenvalue weighted by Gasteiger charge is 2.30. The van der Waals surface area contributed by atoms with E-state index in [1.165, 1.54) is 31.0 Å². The predicted octanol–water partition coefficient (Wildman–Crippen LogP) is 3.36. The largest absolute Gasteiger partial charge is 0.391 e. The minimum atomic E-state index is -0.738. The molecule has 0 bridgehead atoms. The lowest BCUT2D eigenvalue weighted by atomic mass is 9.83. The van der Waals surface area contributed by atoms with Gasteiger partial charge in [0.1, 0.15) is 5.15 Å². The van der Waals surface area contributed by atoms with E-state index in [9.17, 15) is 10.2 Å². The number of rotatable bonds is 4. The smallest absolute Gasteiger partial charge is 0.188 e. The van der Waals surface area contributed by atoms with E-state index in [0.717, 1.165) is 25.7 Å². The molecule has 0 aromatic carbocycles. The Kier molecular flexibility index (Phi) is 6.29. The van der Waals surface area contributed by atoms with Gasteiger partial charge in [-0.25, -0.2) is 9.97 Å². The van der Waals surface area contributed by atoms with Crippen LogP contribution in [0.2, 0.25) is 5.15 Å². The Bertz CT molecular complexity index is 477. The summed E-state index contributed by atoms with van der Waals surface area (Å²) >= 11 is 7.54. The average molecular weight is 331 g/mol. The molecule has 21 heavy (non-hydrogen) atoms. The maximum Gasteiger partial charge on any atom is 0.188 e. The zero-order chi connectivity index (χ0) is 15.3. The summed E-state index contributed by atoms with van der Waals surface area (Å²) in [4.78, 5) is 8.61. The van der Waals surface area contributed by atoms with Crippen molar-refractivity contribution < 1.29 is 10.2 Å². The van der Waals surface area contributed by atoms with Gasteiger partial charge in [-0.2, -0.15) is 0 Å². The molecule has 0 amide bonds. The lowest BCUT2D eigenvalue weighted by Gasteiger charge is -2.30. The van der Waals surface area contributed by atoms with Gasteiger partial charge in [-0.05, 0) is 19.1 Å². The Morgan fingerprint density at radius 1 is 1.14 bits per heavy atom. The number of nitrogens with zero attached hydrogens (tertiary/aromatic N) is 2. The second-order valence-corrected chi connectivity index (χ2v) is 6.88. The lowest BCUT2D eigenvalue weighted by Crippen LogP contribution is -2.33. The van der Waals surface area contributed by atoms with Crippen LogP contribution in [0.25, 0.3) is 0 Å². The van der Waals surface area contributed by atoms with Crippen LogP contribution in [0.4, 0.5) is 0 Å². The van der Waals surface area contributed by atoms with Gasteiger partial charge >= 0.3 is 0 Å². The van der Waals surface area contributed by atoms with Crippen LogP contribution in [0.1, 0.15) is 56.2 Å². The van der Waals surface area contributed by atoms with Gasteiger partial charge in [-0.1, -0.05) is 55.5 Å². The lowest BCUT2D eigenvalue weighted by molar-refractivity contribution is 0.0130. The highest BCUT2D eigenvalue weighted by atomic mass is 35.5. The van der Waals surface area contributed by atoms with Crippen molar-refractivity contribution in [3.8, 4) is 0 Å². The van der Waals surface area contributed by atoms with Crippen molar-refractivity contribution in [1.82, 2.24) is 9.97 Å². The van der Waals surface area contributed by atoms with Crippen molar-refractivity contribution in [1.29, 1.82) is 0 Å². The maximum absolute atomic E-state index is 10.9. The fraction of sp³-hybridized carbons (Fsp3) is 0.733. The van der Waals surface area contributed by atoms with Gasteiger partial charge < -0.3 is 10.2 Å². The minimum absolute atomic E-state index is 0.196. The first-order valence-corrected chi connectivity index (χ1v) is 9.11. The number of halogens is 1. The molecular formula is C15H23ClN2O2S. The molecule has 0 radical (unpaired) electrons. The van der Waals surface area contributed by atoms with E-state index in [1.54, 1.807) is 0 Å². The van der Waals surface area contributed by atoms with Crippen molar-refractivity contribution in [3.63, 3.8) is 0 Å². The molecule has 4 nitrogen and oxygen atoms in total. The van der Waals surface area contributed by atoms with Crippen molar-refractivity contribution in [2.45, 2.75) is 68.7 Å². The Balaban J connectivity index is 2.25. The van der Waals surface area contributed by atoms with E-state index >= 15 is 0 Å². The van der Waals surface area contributed by atoms with Crippen molar-refractivity contribution in [2.75, 3.05) is 6.26 Å². The standard InChI is InChI=1S/C15H23ClN2O2S/c1-21-14-17-12(11(10-19)13(16)18-14)9-15(20)7-5-3-2-4-6-8-15/h19-20H,2-10H2,1H3. The van der Waals surface area contributed by atoms with Gasteiger partial charge in [0.2, 0.25) is 0 Å². The fourth-order valence-electron chi connectivity index (χ4n) is 2.92. The van der Waals surface area contributed by atoms with Crippen LogP contribution >= 0.6 is 23.4 Å². The van der Waals surface area contributed by atoms with E-state index in [1.807, 2.05) is 6.26 Å². The second kappa shape index (κ2) is 7.77. The molecule has 1 saturated carbocycles. The molecule has 1 fully saturated rings. The summed E-state index contributed by atoms with van der Waals surface area (Å²) in [7, 11) is 0. The summed E-state index contributed by atoms with van der Waals surface area (Å²) in [6, 6.07) is 0. The molecule has 2 N–H and O–H groups in total. The molecule has 1 heterocycles. The van der Waals surface area contributed by atoms with E-state index in [4.69, 9.17) is 11.6 Å². The Hall–Kier alpha value is -0.360. The van der Waals surface area contributed by atoms with Gasteiger partial charge in [0.15, 0.2) is 5.16 Å². The zero-order valence-corrected chi connectivity index (χ0v) is 14.0. The average Bonchev–Trinajstić information content (AvgIpc) is 2.43. The number of hydrogen-bond donors (Lipinski definition) is 2. The quantitative estimate of drug-likeness (QED) is 0.503. The molecular weight excluding hydrogens is 308 g/mol. The minimum Gasteiger partial charge on any atom is -0.391 e. The first kappa shape index (κ1) is 17.0. The fourth-order valence-corrected chi connectivity index (χ4v) is 3.61. The molecule has 0 saturated heterocycles. The van der Waals surface area contributed by atoms with Crippen LogP contribution < -0.4 is 0 Å². The van der Waals surface area contributed by atoms with Crippen LogP contribution in [0.3, 0.4) is 0 Å². The van der Waals surface area contributed by atoms with Crippen LogP contribution in [0.15, 0.2) is 5.16 Å². The number of thioether (sulfide) groups is 1. The predicted molar refractivity (Wildman–Crippen MR) is 85.7 cm³/mol. The highest BCUT2D eigenvalue weighted by Crippen LogP contribution is 2.31. The molecule has 0 atom stereocenters. The third kappa shape index (κ3) is 4.55. The van der Waals surface area contributed by atoms with E-state index in [0.29, 0.717) is 28.0 Å². The van der Waals surface area contributed by atoms with Crippen molar-refractivity contribution in [3.05, 3.63) is 16.4 Å². The number of hydrogen-bond acceptors (Lipinski definition) is 5. The molecule has 0 spiro atoms. The van der Waals surface area contributed by atoms with E-state index in [2.05, 4.69) is 9.97 Å². The summed E-state index contributed by atoms with van der Waals surface area (Å²) in [5.74, 6) is 0. The third-order valence-corrected chi connectivity index (χ3v) is 5.00. The number of aromatic nitrogens is 2. The van der Waals surface area contributed by atoms with Gasteiger partial charge in [-0.15, -0.1) is 0 Å². The monoisotopic (exact) mass is 330 g/mol. The molecule has 1 aliphatic rings. The SMILES string of the molecule is CSc1nc(Cl)c(CO)c(CC2(O)CCCCCCC2)n1. The van der Waals surface area contributed by atoms with E-state index in [-0.39, 0.29) is 6.61 Å². The van der Waals surface area contributed by atoms with Crippen LogP contribution in [-0.2, 0) is 13.0 Å². The molecule has 0 unspecified atom stereocenters. The Morgan fingerprint density at radius 3 is 2.33 bits per heavy atom. The molecule has 0 aliphatic heterocycles. The van der Waals surface area contributed by atoms with Gasteiger partial charge in [0.05, 0.1) is 17.9 Å². The van der Waals surface area contributed by atoms with Crippen molar-refractivity contribution in [2.24, 2.45) is 0 Å². The maximum atomic E-state index is 10.9. The summed E-state index contributed by atoms with van der Waals surface area (Å²) < 4.78 is 0. The molecule has 6 heteroatoms. The van der Waals surface area contributed by atoms with Crippen LogP contribution in [0, 0.1) is 0 Å².